The van der Waals surface area contributed by atoms with Crippen LogP contribution in [-0.4, -0.2) is 4.98 Å². The van der Waals surface area contributed by atoms with Gasteiger partial charge in [-0.15, -0.1) is 0 Å². The summed E-state index contributed by atoms with van der Waals surface area (Å²) >= 11 is 0. The average Bonchev–Trinajstić information content (AvgIpc) is 3.34. The highest BCUT2D eigenvalue weighted by Crippen LogP contribution is 2.40. The lowest BCUT2D eigenvalue weighted by atomic mass is 9.96. The monoisotopic (exact) mass is 477 g/mol. The number of hydrogen-bond donors (Lipinski definition) is 1. The van der Waals surface area contributed by atoms with Crippen molar-refractivity contribution in [3.63, 3.8) is 0 Å². The lowest BCUT2D eigenvalue weighted by Crippen LogP contribution is -1.92. The Morgan fingerprint density at radius 2 is 1.59 bits per heavy atom. The van der Waals surface area contributed by atoms with Crippen LogP contribution < -0.4 is 5.73 Å². The minimum atomic E-state index is 0.397. The molecule has 0 aliphatic rings. The van der Waals surface area contributed by atoms with E-state index in [1.807, 2.05) is 49.4 Å². The molecule has 0 bridgehead atoms. The largest absolute Gasteiger partial charge is 0.456 e. The van der Waals surface area contributed by atoms with Crippen molar-refractivity contribution >= 4 is 38.3 Å². The number of fused-ring (bicyclic) bond motifs is 5. The summed E-state index contributed by atoms with van der Waals surface area (Å²) in [5, 5.41) is 13.7. The number of allylic oxidation sites excluding steroid dienone is 3. The number of furan rings is 1. The van der Waals surface area contributed by atoms with Crippen LogP contribution in [0.15, 0.2) is 119 Å². The molecule has 0 aliphatic carbocycles. The topological polar surface area (TPSA) is 75.8 Å². The fraction of sp³-hybridized carbons (Fsp3) is 0.0303. The lowest BCUT2D eigenvalue weighted by molar-refractivity contribution is 0.669. The van der Waals surface area contributed by atoms with Gasteiger partial charge in [-0.1, -0.05) is 66.7 Å². The molecule has 2 aromatic heterocycles. The third kappa shape index (κ3) is 3.93. The van der Waals surface area contributed by atoms with Crippen LogP contribution in [0.25, 0.3) is 60.7 Å². The smallest absolute Gasteiger partial charge is 0.136 e. The van der Waals surface area contributed by atoms with Crippen LogP contribution in [0.2, 0.25) is 0 Å². The first-order valence-corrected chi connectivity index (χ1v) is 12.1. The van der Waals surface area contributed by atoms with Crippen molar-refractivity contribution in [2.45, 2.75) is 6.92 Å². The van der Waals surface area contributed by atoms with Gasteiger partial charge in [0.15, 0.2) is 0 Å². The molecule has 0 spiro atoms. The van der Waals surface area contributed by atoms with E-state index in [4.69, 9.17) is 15.1 Å². The van der Waals surface area contributed by atoms with Gasteiger partial charge in [0, 0.05) is 22.5 Å². The molecule has 0 aliphatic heterocycles. The summed E-state index contributed by atoms with van der Waals surface area (Å²) in [4.78, 5) is 4.94. The van der Waals surface area contributed by atoms with Gasteiger partial charge in [0.1, 0.15) is 17.2 Å². The van der Waals surface area contributed by atoms with E-state index >= 15 is 0 Å². The number of aromatic nitrogens is 1. The second-order valence-electron chi connectivity index (χ2n) is 8.99. The van der Waals surface area contributed by atoms with Crippen LogP contribution in [-0.2, 0) is 0 Å². The summed E-state index contributed by atoms with van der Waals surface area (Å²) in [5.74, 6) is 0. The maximum Gasteiger partial charge on any atom is 0.136 e. The fourth-order valence-electron chi connectivity index (χ4n) is 4.89. The van der Waals surface area contributed by atoms with Crippen LogP contribution in [0.3, 0.4) is 0 Å². The van der Waals surface area contributed by atoms with Gasteiger partial charge in [-0.25, -0.2) is 4.98 Å². The minimum Gasteiger partial charge on any atom is -0.456 e. The SMILES string of the molecule is C/C(=C\C(C#N)=C/N)c1cccc(-c2cc3oc4cc(-c5ccccc5)ccc4c3c3ccccc23)n1. The van der Waals surface area contributed by atoms with Crippen molar-refractivity contribution in [2.24, 2.45) is 5.73 Å². The Bertz CT molecular complexity index is 1900. The average molecular weight is 478 g/mol. The molecule has 0 fully saturated rings. The van der Waals surface area contributed by atoms with E-state index in [1.165, 1.54) is 6.20 Å². The molecular formula is C33H23N3O. The minimum absolute atomic E-state index is 0.397. The fourth-order valence-corrected chi connectivity index (χ4v) is 4.89. The molecule has 4 heteroatoms. The highest BCUT2D eigenvalue weighted by Gasteiger charge is 2.16. The first-order valence-electron chi connectivity index (χ1n) is 12.1. The van der Waals surface area contributed by atoms with Gasteiger partial charge in [-0.2, -0.15) is 5.26 Å². The third-order valence-electron chi connectivity index (χ3n) is 6.70. The molecule has 0 radical (unpaired) electrons. The van der Waals surface area contributed by atoms with Gasteiger partial charge >= 0.3 is 0 Å². The number of nitrogens with zero attached hydrogens (tertiary/aromatic N) is 2. The summed E-state index contributed by atoms with van der Waals surface area (Å²) in [6.07, 6.45) is 3.05. The van der Waals surface area contributed by atoms with Crippen molar-refractivity contribution in [3.05, 3.63) is 121 Å². The third-order valence-corrected chi connectivity index (χ3v) is 6.70. The van der Waals surface area contributed by atoms with E-state index in [1.54, 1.807) is 6.08 Å². The quantitative estimate of drug-likeness (QED) is 0.205. The Morgan fingerprint density at radius 3 is 2.38 bits per heavy atom. The second-order valence-corrected chi connectivity index (χ2v) is 8.99. The summed E-state index contributed by atoms with van der Waals surface area (Å²) in [6, 6.07) is 35.2. The molecule has 0 saturated heterocycles. The van der Waals surface area contributed by atoms with Gasteiger partial charge in [-0.05, 0) is 70.8 Å². The number of hydrogen-bond acceptors (Lipinski definition) is 4. The van der Waals surface area contributed by atoms with Crippen molar-refractivity contribution in [2.75, 3.05) is 0 Å². The van der Waals surface area contributed by atoms with Crippen molar-refractivity contribution < 1.29 is 4.42 Å². The molecule has 0 saturated carbocycles. The summed E-state index contributed by atoms with van der Waals surface area (Å²) < 4.78 is 6.45. The molecule has 4 aromatic carbocycles. The summed E-state index contributed by atoms with van der Waals surface area (Å²) in [7, 11) is 0. The normalized spacial score (nSPS) is 12.3. The Kier molecular flexibility index (Phi) is 5.52. The Morgan fingerprint density at radius 1 is 0.811 bits per heavy atom. The molecule has 0 amide bonds. The van der Waals surface area contributed by atoms with E-state index in [-0.39, 0.29) is 0 Å². The van der Waals surface area contributed by atoms with E-state index in [0.29, 0.717) is 5.57 Å². The van der Waals surface area contributed by atoms with Gasteiger partial charge in [0.2, 0.25) is 0 Å². The molecule has 2 N–H and O–H groups in total. The highest BCUT2D eigenvalue weighted by atomic mass is 16.3. The Hall–Kier alpha value is -5.14. The van der Waals surface area contributed by atoms with Crippen LogP contribution in [0.5, 0.6) is 0 Å². The zero-order chi connectivity index (χ0) is 25.4. The van der Waals surface area contributed by atoms with Gasteiger partial charge < -0.3 is 10.2 Å². The maximum absolute atomic E-state index is 9.24. The molecule has 6 aromatic rings. The standard InChI is InChI=1S/C33H23N3O/c1-21(16-22(19-34)20-35)29-12-7-13-30(36-29)28-18-32-33(26-11-6-5-10-25(26)28)27-15-14-24(17-31(27)37-32)23-8-3-2-4-9-23/h2-19H,34H2,1H3/b21-16+,22-19+. The Labute approximate surface area is 214 Å². The van der Waals surface area contributed by atoms with Crippen LogP contribution in [0, 0.1) is 11.3 Å². The molecular weight excluding hydrogens is 454 g/mol. The van der Waals surface area contributed by atoms with E-state index in [2.05, 4.69) is 60.7 Å². The predicted octanol–water partition coefficient (Wildman–Crippen LogP) is 8.24. The molecule has 176 valence electrons. The second kappa shape index (κ2) is 9.14. The van der Waals surface area contributed by atoms with Crippen molar-refractivity contribution in [1.82, 2.24) is 4.98 Å². The number of nitriles is 1. The van der Waals surface area contributed by atoms with Crippen LogP contribution >= 0.6 is 0 Å². The molecule has 0 atom stereocenters. The van der Waals surface area contributed by atoms with E-state index < -0.39 is 0 Å². The summed E-state index contributed by atoms with van der Waals surface area (Å²) in [5.41, 5.74) is 13.4. The number of benzene rings is 4. The maximum atomic E-state index is 9.24. The van der Waals surface area contributed by atoms with Crippen molar-refractivity contribution in [3.8, 4) is 28.5 Å². The molecule has 0 unspecified atom stereocenters. The first kappa shape index (κ1) is 22.3. The highest BCUT2D eigenvalue weighted by molar-refractivity contribution is 6.22. The molecule has 2 heterocycles. The molecule has 6 rings (SSSR count). The van der Waals surface area contributed by atoms with Gasteiger partial charge in [-0.3, -0.25) is 0 Å². The molecule has 37 heavy (non-hydrogen) atoms. The zero-order valence-corrected chi connectivity index (χ0v) is 20.3. The van der Waals surface area contributed by atoms with Crippen molar-refractivity contribution in [1.29, 1.82) is 5.26 Å². The number of rotatable bonds is 4. The number of nitrogens with two attached hydrogens (primary N) is 1. The van der Waals surface area contributed by atoms with Gasteiger partial charge in [0.05, 0.1) is 17.0 Å². The van der Waals surface area contributed by atoms with Gasteiger partial charge in [0.25, 0.3) is 0 Å². The number of pyridine rings is 1. The van der Waals surface area contributed by atoms with Crippen LogP contribution in [0.4, 0.5) is 0 Å². The lowest BCUT2D eigenvalue weighted by Gasteiger charge is -2.10. The van der Waals surface area contributed by atoms with E-state index in [0.717, 1.165) is 66.4 Å². The predicted molar refractivity (Wildman–Crippen MR) is 151 cm³/mol. The summed E-state index contributed by atoms with van der Waals surface area (Å²) in [6.45, 7) is 1.93. The zero-order valence-electron chi connectivity index (χ0n) is 20.3. The molecule has 4 nitrogen and oxygen atoms in total. The Balaban J connectivity index is 1.55. The van der Waals surface area contributed by atoms with Crippen LogP contribution in [0.1, 0.15) is 12.6 Å². The first-order chi connectivity index (χ1) is 18.2. The van der Waals surface area contributed by atoms with E-state index in [9.17, 15) is 5.26 Å².